The van der Waals surface area contributed by atoms with Crippen LogP contribution in [0.15, 0.2) is 4.99 Å². The minimum absolute atomic E-state index is 0.200. The topological polar surface area (TPSA) is 96.7 Å². The van der Waals surface area contributed by atoms with Crippen molar-refractivity contribution in [3.63, 3.8) is 0 Å². The third kappa shape index (κ3) is 5.55. The zero-order valence-electron chi connectivity index (χ0n) is 9.61. The quantitative estimate of drug-likeness (QED) is 0.353. The molecule has 1 saturated heterocycles. The van der Waals surface area contributed by atoms with Gasteiger partial charge in [-0.25, -0.2) is 4.79 Å². The Hall–Kier alpha value is -1.30. The average Bonchev–Trinajstić information content (AvgIpc) is 2.25. The number of nitrogens with one attached hydrogen (secondary N) is 1. The molecule has 1 heterocycles. The van der Waals surface area contributed by atoms with Crippen molar-refractivity contribution >= 4 is 12.0 Å². The number of hydrogen-bond donors (Lipinski definition) is 3. The smallest absolute Gasteiger partial charge is 0.344 e. The molecule has 0 aromatic rings. The van der Waals surface area contributed by atoms with Crippen LogP contribution in [0.3, 0.4) is 0 Å². The number of nitrogens with zero attached hydrogens (tertiary/aromatic N) is 2. The fourth-order valence-corrected chi connectivity index (χ4v) is 1.84. The maximum atomic E-state index is 11.0. The zero-order valence-corrected chi connectivity index (χ0v) is 9.61. The second-order valence-electron chi connectivity index (χ2n) is 4.02. The molecule has 0 spiro atoms. The number of piperidine rings is 1. The molecule has 1 aliphatic rings. The average molecular weight is 227 g/mol. The molecular formula is C10H21N5O. The summed E-state index contributed by atoms with van der Waals surface area (Å²) in [4.78, 5) is 16.8. The highest BCUT2D eigenvalue weighted by Gasteiger charge is 2.08. The first-order chi connectivity index (χ1) is 7.68. The number of nitrogens with two attached hydrogens (primary N) is 2. The molecule has 0 aliphatic carbocycles. The van der Waals surface area contributed by atoms with Gasteiger partial charge in [-0.15, -0.1) is 0 Å². The summed E-state index contributed by atoms with van der Waals surface area (Å²) < 4.78 is 0. The van der Waals surface area contributed by atoms with Gasteiger partial charge in [0, 0.05) is 6.54 Å². The maximum Gasteiger partial charge on any atom is 0.344 e. The van der Waals surface area contributed by atoms with Crippen LogP contribution in [0.25, 0.3) is 0 Å². The summed E-state index contributed by atoms with van der Waals surface area (Å²) in [7, 11) is 0. The number of aliphatic imine (C=N–C) groups is 1. The molecule has 2 amide bonds. The van der Waals surface area contributed by atoms with Crippen LogP contribution >= 0.6 is 0 Å². The van der Waals surface area contributed by atoms with E-state index in [2.05, 4.69) is 15.2 Å². The Morgan fingerprint density at radius 1 is 1.25 bits per heavy atom. The number of hydrogen-bond acceptors (Lipinski definition) is 2. The Labute approximate surface area is 96.1 Å². The largest absolute Gasteiger partial charge is 0.370 e. The van der Waals surface area contributed by atoms with E-state index in [4.69, 9.17) is 11.5 Å². The lowest BCUT2D eigenvalue weighted by Gasteiger charge is -2.26. The first-order valence-electron chi connectivity index (χ1n) is 5.78. The molecule has 0 aromatic carbocycles. The first-order valence-corrected chi connectivity index (χ1v) is 5.78. The number of likely N-dealkylation sites (tertiary alicyclic amines) is 1. The van der Waals surface area contributed by atoms with Gasteiger partial charge in [0.1, 0.15) is 0 Å². The first kappa shape index (κ1) is 12.8. The van der Waals surface area contributed by atoms with Crippen molar-refractivity contribution in [3.8, 4) is 0 Å². The van der Waals surface area contributed by atoms with Crippen molar-refractivity contribution in [2.24, 2.45) is 16.5 Å². The summed E-state index contributed by atoms with van der Waals surface area (Å²) in [6.45, 7) is 4.01. The lowest BCUT2D eigenvalue weighted by Crippen LogP contribution is -2.33. The molecule has 0 atom stereocenters. The summed E-state index contributed by atoms with van der Waals surface area (Å²) in [6.07, 6.45) is 4.87. The van der Waals surface area contributed by atoms with Crippen LogP contribution in [0.1, 0.15) is 25.7 Å². The molecule has 92 valence electrons. The summed E-state index contributed by atoms with van der Waals surface area (Å²) in [5.74, 6) is -0.200. The van der Waals surface area contributed by atoms with Crippen LogP contribution in [0, 0.1) is 0 Å². The van der Waals surface area contributed by atoms with Crippen molar-refractivity contribution in [2.45, 2.75) is 25.7 Å². The van der Waals surface area contributed by atoms with Crippen LogP contribution in [-0.4, -0.2) is 43.1 Å². The minimum Gasteiger partial charge on any atom is -0.370 e. The van der Waals surface area contributed by atoms with E-state index in [1.807, 2.05) is 0 Å². The van der Waals surface area contributed by atoms with Crippen LogP contribution in [0.5, 0.6) is 0 Å². The fourth-order valence-electron chi connectivity index (χ4n) is 1.84. The molecule has 0 radical (unpaired) electrons. The van der Waals surface area contributed by atoms with Crippen LogP contribution in [0.4, 0.5) is 4.79 Å². The van der Waals surface area contributed by atoms with E-state index in [1.165, 1.54) is 32.4 Å². The molecular weight excluding hydrogens is 206 g/mol. The van der Waals surface area contributed by atoms with Crippen LogP contribution < -0.4 is 16.8 Å². The molecule has 16 heavy (non-hydrogen) atoms. The van der Waals surface area contributed by atoms with Crippen molar-refractivity contribution in [1.82, 2.24) is 10.2 Å². The fraction of sp³-hybridized carbons (Fsp3) is 0.800. The van der Waals surface area contributed by atoms with Gasteiger partial charge in [0.05, 0.1) is 0 Å². The number of urea groups is 1. The third-order valence-corrected chi connectivity index (χ3v) is 2.61. The van der Waals surface area contributed by atoms with Crippen LogP contribution in [0.2, 0.25) is 0 Å². The third-order valence-electron chi connectivity index (χ3n) is 2.61. The molecule has 6 nitrogen and oxygen atoms in total. The van der Waals surface area contributed by atoms with Gasteiger partial charge in [0.2, 0.25) is 0 Å². The van der Waals surface area contributed by atoms with Gasteiger partial charge in [-0.2, -0.15) is 4.99 Å². The molecule has 1 rings (SSSR count). The number of carbonyl (C=O) groups excluding carboxylic acids is 1. The molecule has 0 aromatic heterocycles. The minimum atomic E-state index is -0.460. The van der Waals surface area contributed by atoms with E-state index in [0.717, 1.165) is 13.0 Å². The molecule has 0 unspecified atom stereocenters. The van der Waals surface area contributed by atoms with E-state index in [9.17, 15) is 4.79 Å². The van der Waals surface area contributed by atoms with E-state index in [-0.39, 0.29) is 5.96 Å². The zero-order chi connectivity index (χ0) is 11.8. The van der Waals surface area contributed by atoms with E-state index >= 15 is 0 Å². The van der Waals surface area contributed by atoms with Gasteiger partial charge in [0.15, 0.2) is 5.96 Å². The normalized spacial score (nSPS) is 16.8. The van der Waals surface area contributed by atoms with Gasteiger partial charge in [-0.05, 0) is 38.9 Å². The molecule has 0 saturated carbocycles. The van der Waals surface area contributed by atoms with Crippen LogP contribution in [-0.2, 0) is 0 Å². The van der Waals surface area contributed by atoms with Gasteiger partial charge in [-0.1, -0.05) is 6.42 Å². The Kier molecular flexibility index (Phi) is 5.63. The molecule has 0 bridgehead atoms. The highest BCUT2D eigenvalue weighted by atomic mass is 16.2. The number of rotatable bonds is 4. The highest BCUT2D eigenvalue weighted by molar-refractivity contribution is 5.90. The molecule has 6 heteroatoms. The molecule has 1 fully saturated rings. The summed E-state index contributed by atoms with van der Waals surface area (Å²) >= 11 is 0. The summed E-state index contributed by atoms with van der Waals surface area (Å²) in [5.41, 5.74) is 10.1. The number of amides is 2. The van der Waals surface area contributed by atoms with Gasteiger partial charge in [0.25, 0.3) is 0 Å². The van der Waals surface area contributed by atoms with E-state index in [0.29, 0.717) is 6.54 Å². The number of carbonyl (C=O) groups is 1. The monoisotopic (exact) mass is 227 g/mol. The Morgan fingerprint density at radius 3 is 2.56 bits per heavy atom. The predicted octanol–water partition coefficient (Wildman–Crippen LogP) is -0.155. The molecule has 5 N–H and O–H groups in total. The van der Waals surface area contributed by atoms with E-state index < -0.39 is 6.03 Å². The Bertz CT molecular complexity index is 244. The Balaban J connectivity index is 2.02. The summed E-state index contributed by atoms with van der Waals surface area (Å²) in [5, 5.41) is 2.64. The SMILES string of the molecule is NC(N)=NC(=O)NCCCN1CCCCC1. The van der Waals surface area contributed by atoms with Crippen molar-refractivity contribution in [3.05, 3.63) is 0 Å². The predicted molar refractivity (Wildman–Crippen MR) is 64.1 cm³/mol. The molecule has 1 aliphatic heterocycles. The standard InChI is InChI=1S/C10H21N5O/c11-9(12)14-10(16)13-5-4-8-15-6-2-1-3-7-15/h1-8H2,(H5,11,12,13,14,16). The lowest BCUT2D eigenvalue weighted by atomic mass is 10.1. The maximum absolute atomic E-state index is 11.0. The van der Waals surface area contributed by atoms with Crippen molar-refractivity contribution < 1.29 is 4.79 Å². The number of guanidine groups is 1. The second kappa shape index (κ2) is 7.05. The summed E-state index contributed by atoms with van der Waals surface area (Å²) in [6, 6.07) is -0.460. The lowest BCUT2D eigenvalue weighted by molar-refractivity contribution is 0.224. The van der Waals surface area contributed by atoms with Gasteiger partial charge >= 0.3 is 6.03 Å². The van der Waals surface area contributed by atoms with Crippen molar-refractivity contribution in [2.75, 3.05) is 26.2 Å². The highest BCUT2D eigenvalue weighted by Crippen LogP contribution is 2.08. The van der Waals surface area contributed by atoms with Crippen molar-refractivity contribution in [1.29, 1.82) is 0 Å². The van der Waals surface area contributed by atoms with E-state index in [1.54, 1.807) is 0 Å². The second-order valence-corrected chi connectivity index (χ2v) is 4.02. The van der Waals surface area contributed by atoms with Gasteiger partial charge in [-0.3, -0.25) is 0 Å². The Morgan fingerprint density at radius 2 is 1.94 bits per heavy atom. The van der Waals surface area contributed by atoms with Gasteiger partial charge < -0.3 is 21.7 Å².